The average Bonchev–Trinajstić information content (AvgIpc) is 3.31. The monoisotopic (exact) mass is 448 g/mol. The van der Waals surface area contributed by atoms with Gasteiger partial charge < -0.3 is 29.7 Å². The number of aromatic nitrogens is 3. The topological polar surface area (TPSA) is 95.9 Å². The van der Waals surface area contributed by atoms with Gasteiger partial charge in [0.15, 0.2) is 11.6 Å². The highest BCUT2D eigenvalue weighted by molar-refractivity contribution is 5.78. The Morgan fingerprint density at radius 2 is 1.97 bits per heavy atom. The number of hydrogen-bond donors (Lipinski definition) is 2. The second-order valence-corrected chi connectivity index (χ2v) is 8.16. The first-order valence-corrected chi connectivity index (χ1v) is 11.2. The molecule has 2 aromatic heterocycles. The molecule has 33 heavy (non-hydrogen) atoms. The van der Waals surface area contributed by atoms with Crippen molar-refractivity contribution >= 4 is 23.1 Å². The summed E-state index contributed by atoms with van der Waals surface area (Å²) in [6, 6.07) is 12.0. The van der Waals surface area contributed by atoms with Crippen LogP contribution in [0.3, 0.4) is 0 Å². The van der Waals surface area contributed by atoms with E-state index in [2.05, 4.69) is 32.2 Å². The van der Waals surface area contributed by atoms with Crippen LogP contribution in [0.1, 0.15) is 6.42 Å². The summed E-state index contributed by atoms with van der Waals surface area (Å²) >= 11 is 0. The minimum Gasteiger partial charge on any atom is -0.491 e. The second-order valence-electron chi connectivity index (χ2n) is 8.16. The van der Waals surface area contributed by atoms with Crippen molar-refractivity contribution in [2.75, 3.05) is 61.6 Å². The predicted molar refractivity (Wildman–Crippen MR) is 127 cm³/mol. The fourth-order valence-electron chi connectivity index (χ4n) is 4.22. The predicted octanol–water partition coefficient (Wildman–Crippen LogP) is 2.70. The zero-order valence-electron chi connectivity index (χ0n) is 18.6. The number of morpholine rings is 1. The molecule has 2 fully saturated rings. The van der Waals surface area contributed by atoms with E-state index >= 15 is 0 Å². The lowest BCUT2D eigenvalue weighted by molar-refractivity contribution is 0.122. The van der Waals surface area contributed by atoms with Crippen molar-refractivity contribution in [3.63, 3.8) is 0 Å². The van der Waals surface area contributed by atoms with Crippen LogP contribution in [-0.2, 0) is 4.74 Å². The number of hydrogen-bond acceptors (Lipinski definition) is 9. The molecule has 2 aliphatic rings. The van der Waals surface area contributed by atoms with Crippen LogP contribution >= 0.6 is 0 Å². The number of nitrogens with zero attached hydrogens (tertiary/aromatic N) is 5. The third-order valence-electron chi connectivity index (χ3n) is 5.92. The Bertz CT molecular complexity index is 1090. The summed E-state index contributed by atoms with van der Waals surface area (Å²) in [4.78, 5) is 18.3. The van der Waals surface area contributed by atoms with Gasteiger partial charge in [0.25, 0.3) is 0 Å². The average molecular weight is 449 g/mol. The van der Waals surface area contributed by atoms with Gasteiger partial charge in [0.1, 0.15) is 5.69 Å². The van der Waals surface area contributed by atoms with E-state index in [1.165, 1.54) is 0 Å². The lowest BCUT2D eigenvalue weighted by Crippen LogP contribution is -2.37. The van der Waals surface area contributed by atoms with Crippen molar-refractivity contribution in [1.82, 2.24) is 15.0 Å². The van der Waals surface area contributed by atoms with Gasteiger partial charge in [-0.1, -0.05) is 12.1 Å². The molecule has 0 spiro atoms. The molecule has 1 unspecified atom stereocenters. The van der Waals surface area contributed by atoms with E-state index in [0.717, 1.165) is 43.0 Å². The molecule has 9 heteroatoms. The van der Waals surface area contributed by atoms with Crippen LogP contribution in [0.5, 0.6) is 5.75 Å². The molecule has 2 aliphatic heterocycles. The van der Waals surface area contributed by atoms with Crippen molar-refractivity contribution in [3.8, 4) is 17.0 Å². The molecule has 0 aliphatic carbocycles. The van der Waals surface area contributed by atoms with Crippen LogP contribution in [0.2, 0.25) is 0 Å². The standard InChI is InChI=1S/C24H28N6O3/c1-32-22-21(17-4-2-6-19(14-17)30-9-7-20(31)16-30)27-24(29-10-12-33-13-11-29)28-23(22)26-18-5-3-8-25-15-18/h2-6,8,14-15,20,31H,7,9-13,16H2,1H3,(H,26,27,28). The molecule has 1 atom stereocenters. The Hall–Kier alpha value is -3.43. The van der Waals surface area contributed by atoms with Gasteiger partial charge in [-0.15, -0.1) is 0 Å². The summed E-state index contributed by atoms with van der Waals surface area (Å²) in [5, 5.41) is 13.3. The number of benzene rings is 1. The fourth-order valence-corrected chi connectivity index (χ4v) is 4.22. The molecule has 172 valence electrons. The van der Waals surface area contributed by atoms with E-state index in [0.29, 0.717) is 43.0 Å². The molecule has 9 nitrogen and oxygen atoms in total. The zero-order valence-corrected chi connectivity index (χ0v) is 18.6. The Morgan fingerprint density at radius 3 is 2.70 bits per heavy atom. The largest absolute Gasteiger partial charge is 0.491 e. The number of rotatable bonds is 6. The highest BCUT2D eigenvalue weighted by atomic mass is 16.5. The van der Waals surface area contributed by atoms with Gasteiger partial charge in [0.2, 0.25) is 5.95 Å². The molecule has 1 aromatic carbocycles. The first-order chi connectivity index (χ1) is 16.2. The van der Waals surface area contributed by atoms with Crippen LogP contribution in [0.4, 0.5) is 23.1 Å². The molecule has 0 radical (unpaired) electrons. The SMILES string of the molecule is COc1c(Nc2cccnc2)nc(N2CCOCC2)nc1-c1cccc(N2CCC(O)C2)c1. The maximum Gasteiger partial charge on any atom is 0.228 e. The molecule has 2 N–H and O–H groups in total. The van der Waals surface area contributed by atoms with Crippen molar-refractivity contribution in [2.24, 2.45) is 0 Å². The highest BCUT2D eigenvalue weighted by Gasteiger charge is 2.24. The van der Waals surface area contributed by atoms with Gasteiger partial charge in [-0.3, -0.25) is 4.98 Å². The molecule has 0 saturated carbocycles. The van der Waals surface area contributed by atoms with E-state index in [4.69, 9.17) is 19.4 Å². The Labute approximate surface area is 193 Å². The molecule has 4 heterocycles. The number of methoxy groups -OCH3 is 1. The van der Waals surface area contributed by atoms with E-state index < -0.39 is 0 Å². The summed E-state index contributed by atoms with van der Waals surface area (Å²) < 4.78 is 11.3. The van der Waals surface area contributed by atoms with Crippen LogP contribution < -0.4 is 19.9 Å². The van der Waals surface area contributed by atoms with Gasteiger partial charge in [0.05, 0.1) is 38.3 Å². The number of anilines is 4. The number of β-amino-alcohol motifs (C(OH)–C–C–N with tert-alkyl or cyclic N) is 1. The van der Waals surface area contributed by atoms with Crippen LogP contribution in [-0.4, -0.2) is 72.7 Å². The smallest absolute Gasteiger partial charge is 0.228 e. The second kappa shape index (κ2) is 9.60. The third-order valence-corrected chi connectivity index (χ3v) is 5.92. The summed E-state index contributed by atoms with van der Waals surface area (Å²) in [5.74, 6) is 1.77. The van der Waals surface area contributed by atoms with Gasteiger partial charge in [-0.2, -0.15) is 4.98 Å². The maximum atomic E-state index is 9.98. The summed E-state index contributed by atoms with van der Waals surface area (Å²) in [6.07, 6.45) is 3.97. The number of nitrogens with one attached hydrogen (secondary N) is 1. The van der Waals surface area contributed by atoms with Crippen molar-refractivity contribution in [3.05, 3.63) is 48.8 Å². The normalized spacial score (nSPS) is 18.4. The molecule has 5 rings (SSSR count). The minimum absolute atomic E-state index is 0.287. The van der Waals surface area contributed by atoms with E-state index in [1.807, 2.05) is 24.3 Å². The molecular formula is C24H28N6O3. The first-order valence-electron chi connectivity index (χ1n) is 11.2. The number of ether oxygens (including phenoxy) is 2. The highest BCUT2D eigenvalue weighted by Crippen LogP contribution is 2.38. The van der Waals surface area contributed by atoms with Crippen molar-refractivity contribution in [2.45, 2.75) is 12.5 Å². The van der Waals surface area contributed by atoms with Crippen LogP contribution in [0.25, 0.3) is 11.3 Å². The quantitative estimate of drug-likeness (QED) is 0.590. The number of pyridine rings is 1. The lowest BCUT2D eigenvalue weighted by Gasteiger charge is -2.28. The third kappa shape index (κ3) is 4.69. The van der Waals surface area contributed by atoms with Crippen molar-refractivity contribution < 1.29 is 14.6 Å². The summed E-state index contributed by atoms with van der Waals surface area (Å²) in [6.45, 7) is 4.20. The van der Waals surface area contributed by atoms with Gasteiger partial charge >= 0.3 is 0 Å². The van der Waals surface area contributed by atoms with Gasteiger partial charge in [0, 0.05) is 43.6 Å². The Morgan fingerprint density at radius 1 is 1.09 bits per heavy atom. The van der Waals surface area contributed by atoms with E-state index in [9.17, 15) is 5.11 Å². The van der Waals surface area contributed by atoms with Crippen LogP contribution in [0, 0.1) is 0 Å². The maximum absolute atomic E-state index is 9.98. The minimum atomic E-state index is -0.287. The number of aliphatic hydroxyl groups is 1. The summed E-state index contributed by atoms with van der Waals surface area (Å²) in [7, 11) is 1.63. The lowest BCUT2D eigenvalue weighted by atomic mass is 10.1. The zero-order chi connectivity index (χ0) is 22.6. The van der Waals surface area contributed by atoms with Crippen LogP contribution in [0.15, 0.2) is 48.8 Å². The van der Waals surface area contributed by atoms with Gasteiger partial charge in [-0.05, 0) is 30.7 Å². The Kier molecular flexibility index (Phi) is 6.23. The molecule has 0 bridgehead atoms. The molecule has 3 aromatic rings. The molecule has 2 saturated heterocycles. The van der Waals surface area contributed by atoms with Crippen molar-refractivity contribution in [1.29, 1.82) is 0 Å². The van der Waals surface area contributed by atoms with E-state index in [1.54, 1.807) is 19.5 Å². The van der Waals surface area contributed by atoms with Gasteiger partial charge in [-0.25, -0.2) is 4.98 Å². The molecular weight excluding hydrogens is 420 g/mol. The summed E-state index contributed by atoms with van der Waals surface area (Å²) in [5.41, 5.74) is 3.51. The van der Waals surface area contributed by atoms with E-state index in [-0.39, 0.29) is 6.10 Å². The number of aliphatic hydroxyl groups excluding tert-OH is 1. The Balaban J connectivity index is 1.58. The fraction of sp³-hybridized carbons (Fsp3) is 0.375. The first kappa shape index (κ1) is 21.4. The molecule has 0 amide bonds.